The number of nitriles is 1. The summed E-state index contributed by atoms with van der Waals surface area (Å²) in [5, 5.41) is 9.07. The summed E-state index contributed by atoms with van der Waals surface area (Å²) in [7, 11) is 0. The van der Waals surface area contributed by atoms with E-state index in [1.807, 2.05) is 6.07 Å². The molecule has 3 nitrogen and oxygen atoms in total. The number of aromatic nitrogens is 1. The van der Waals surface area contributed by atoms with Crippen LogP contribution in [0.4, 0.5) is 0 Å². The first kappa shape index (κ1) is 12.8. The van der Waals surface area contributed by atoms with E-state index in [9.17, 15) is 0 Å². The summed E-state index contributed by atoms with van der Waals surface area (Å²) in [6.45, 7) is 2.76. The molecule has 0 aliphatic carbocycles. The highest BCUT2D eigenvalue weighted by Gasteiger charge is 2.07. The van der Waals surface area contributed by atoms with Gasteiger partial charge >= 0.3 is 0 Å². The Bertz CT molecular complexity index is 374. The van der Waals surface area contributed by atoms with Crippen molar-refractivity contribution < 1.29 is 4.74 Å². The van der Waals surface area contributed by atoms with Crippen LogP contribution in [0.2, 0.25) is 5.02 Å². The molecular formula is C12H15ClN2O. The van der Waals surface area contributed by atoms with E-state index in [1.54, 1.807) is 6.07 Å². The monoisotopic (exact) mass is 238 g/mol. The zero-order chi connectivity index (χ0) is 11.8. The van der Waals surface area contributed by atoms with Crippen LogP contribution in [0.5, 0.6) is 5.88 Å². The molecule has 0 N–H and O–H groups in total. The molecule has 0 atom stereocenters. The van der Waals surface area contributed by atoms with Crippen LogP contribution in [-0.4, -0.2) is 11.6 Å². The lowest BCUT2D eigenvalue weighted by Gasteiger charge is -2.06. The zero-order valence-electron chi connectivity index (χ0n) is 9.37. The minimum atomic E-state index is 0.306. The molecule has 4 heteroatoms. The number of nitrogens with zero attached hydrogens (tertiary/aromatic N) is 2. The van der Waals surface area contributed by atoms with Crippen molar-refractivity contribution in [2.24, 2.45) is 0 Å². The van der Waals surface area contributed by atoms with Crippen LogP contribution >= 0.6 is 11.6 Å². The Hall–Kier alpha value is -1.27. The lowest BCUT2D eigenvalue weighted by atomic mass is 10.2. The predicted octanol–water partition coefficient (Wildman–Crippen LogP) is 3.57. The molecule has 1 heterocycles. The third-order valence-electron chi connectivity index (χ3n) is 2.21. The Morgan fingerprint density at radius 1 is 1.44 bits per heavy atom. The van der Waals surface area contributed by atoms with Crippen LogP contribution in [-0.2, 0) is 0 Å². The van der Waals surface area contributed by atoms with Gasteiger partial charge in [-0.05, 0) is 12.5 Å². The summed E-state index contributed by atoms with van der Waals surface area (Å²) in [5.41, 5.74) is 0.403. The molecule has 1 aromatic rings. The van der Waals surface area contributed by atoms with E-state index in [-0.39, 0.29) is 0 Å². The molecule has 1 rings (SSSR count). The van der Waals surface area contributed by atoms with Crippen molar-refractivity contribution in [3.05, 3.63) is 22.8 Å². The quantitative estimate of drug-likeness (QED) is 0.712. The van der Waals surface area contributed by atoms with Gasteiger partial charge in [-0.25, -0.2) is 4.98 Å². The standard InChI is InChI=1S/C12H15ClN2O/c1-2-3-4-5-8-16-12-11(13)10(9-14)6-7-15-12/h6-7H,2-5,8H2,1H3. The number of halogens is 1. The Morgan fingerprint density at radius 2 is 2.25 bits per heavy atom. The van der Waals surface area contributed by atoms with E-state index in [0.29, 0.717) is 23.1 Å². The van der Waals surface area contributed by atoms with Crippen LogP contribution in [0.1, 0.15) is 38.2 Å². The van der Waals surface area contributed by atoms with Gasteiger partial charge in [-0.15, -0.1) is 0 Å². The number of hydrogen-bond donors (Lipinski definition) is 0. The topological polar surface area (TPSA) is 45.9 Å². The summed E-state index contributed by atoms with van der Waals surface area (Å²) < 4.78 is 5.43. The van der Waals surface area contributed by atoms with Gasteiger partial charge in [0, 0.05) is 6.20 Å². The van der Waals surface area contributed by atoms with Crippen molar-refractivity contribution in [3.8, 4) is 11.9 Å². The van der Waals surface area contributed by atoms with Gasteiger partial charge in [0.1, 0.15) is 11.1 Å². The average Bonchev–Trinajstić information content (AvgIpc) is 2.31. The zero-order valence-corrected chi connectivity index (χ0v) is 10.1. The van der Waals surface area contributed by atoms with Crippen molar-refractivity contribution >= 4 is 11.6 Å². The maximum atomic E-state index is 8.77. The van der Waals surface area contributed by atoms with Gasteiger partial charge in [0.25, 0.3) is 0 Å². The van der Waals surface area contributed by atoms with Gasteiger partial charge in [-0.3, -0.25) is 0 Å². The molecular weight excluding hydrogens is 224 g/mol. The highest BCUT2D eigenvalue weighted by molar-refractivity contribution is 6.32. The lowest BCUT2D eigenvalue weighted by Crippen LogP contribution is -2.00. The maximum absolute atomic E-state index is 8.77. The van der Waals surface area contributed by atoms with Crippen molar-refractivity contribution in [2.45, 2.75) is 32.6 Å². The molecule has 1 aromatic heterocycles. The van der Waals surface area contributed by atoms with Gasteiger partial charge in [0.15, 0.2) is 0 Å². The SMILES string of the molecule is CCCCCCOc1nccc(C#N)c1Cl. The second-order valence-electron chi connectivity index (χ2n) is 3.50. The van der Waals surface area contributed by atoms with Crippen LogP contribution in [0, 0.1) is 11.3 Å². The second kappa shape index (κ2) is 7.08. The first-order valence-electron chi connectivity index (χ1n) is 5.47. The first-order valence-corrected chi connectivity index (χ1v) is 5.84. The van der Waals surface area contributed by atoms with Gasteiger partial charge < -0.3 is 4.74 Å². The highest BCUT2D eigenvalue weighted by atomic mass is 35.5. The van der Waals surface area contributed by atoms with Crippen molar-refractivity contribution in [2.75, 3.05) is 6.61 Å². The molecule has 0 aliphatic heterocycles. The second-order valence-corrected chi connectivity index (χ2v) is 3.88. The number of ether oxygens (including phenoxy) is 1. The summed E-state index contributed by atoms with van der Waals surface area (Å²) in [5.74, 6) is 0.359. The van der Waals surface area contributed by atoms with Crippen molar-refractivity contribution in [1.82, 2.24) is 4.98 Å². The van der Waals surface area contributed by atoms with Gasteiger partial charge in [-0.2, -0.15) is 5.26 Å². The van der Waals surface area contributed by atoms with E-state index in [0.717, 1.165) is 12.8 Å². The van der Waals surface area contributed by atoms with Gasteiger partial charge in [0.2, 0.25) is 5.88 Å². The Kier molecular flexibility index (Phi) is 5.66. The Morgan fingerprint density at radius 3 is 2.94 bits per heavy atom. The molecule has 0 aliphatic rings. The van der Waals surface area contributed by atoms with E-state index >= 15 is 0 Å². The summed E-state index contributed by atoms with van der Waals surface area (Å²) >= 11 is 5.94. The number of rotatable bonds is 6. The Labute approximate surface area is 101 Å². The van der Waals surface area contributed by atoms with E-state index in [4.69, 9.17) is 21.6 Å². The molecule has 0 saturated heterocycles. The third kappa shape index (κ3) is 3.71. The average molecular weight is 239 g/mol. The fourth-order valence-electron chi connectivity index (χ4n) is 1.31. The van der Waals surface area contributed by atoms with Crippen molar-refractivity contribution in [1.29, 1.82) is 5.26 Å². The molecule has 16 heavy (non-hydrogen) atoms. The van der Waals surface area contributed by atoms with Crippen LogP contribution < -0.4 is 4.74 Å². The molecule has 0 radical (unpaired) electrons. The third-order valence-corrected chi connectivity index (χ3v) is 2.58. The fourth-order valence-corrected chi connectivity index (χ4v) is 1.52. The molecule has 0 amide bonds. The molecule has 0 aromatic carbocycles. The van der Waals surface area contributed by atoms with E-state index in [2.05, 4.69) is 11.9 Å². The van der Waals surface area contributed by atoms with Crippen LogP contribution in [0.15, 0.2) is 12.3 Å². The van der Waals surface area contributed by atoms with Crippen LogP contribution in [0.25, 0.3) is 0 Å². The fraction of sp³-hybridized carbons (Fsp3) is 0.500. The van der Waals surface area contributed by atoms with Gasteiger partial charge in [-0.1, -0.05) is 37.8 Å². The molecule has 0 spiro atoms. The predicted molar refractivity (Wildman–Crippen MR) is 63.6 cm³/mol. The normalized spacial score (nSPS) is 9.81. The van der Waals surface area contributed by atoms with Crippen molar-refractivity contribution in [3.63, 3.8) is 0 Å². The highest BCUT2D eigenvalue weighted by Crippen LogP contribution is 2.24. The smallest absolute Gasteiger partial charge is 0.233 e. The molecule has 86 valence electrons. The molecule has 0 bridgehead atoms. The minimum absolute atomic E-state index is 0.306. The first-order chi connectivity index (χ1) is 7.79. The Balaban J connectivity index is 2.45. The largest absolute Gasteiger partial charge is 0.477 e. The van der Waals surface area contributed by atoms with E-state index < -0.39 is 0 Å². The summed E-state index contributed by atoms with van der Waals surface area (Å²) in [6.07, 6.45) is 6.08. The van der Waals surface area contributed by atoms with Gasteiger partial charge in [0.05, 0.1) is 12.2 Å². The maximum Gasteiger partial charge on any atom is 0.233 e. The van der Waals surface area contributed by atoms with E-state index in [1.165, 1.54) is 19.0 Å². The molecule has 0 saturated carbocycles. The number of pyridine rings is 1. The molecule has 0 fully saturated rings. The number of unbranched alkanes of at least 4 members (excludes halogenated alkanes) is 3. The van der Waals surface area contributed by atoms with Crippen LogP contribution in [0.3, 0.4) is 0 Å². The lowest BCUT2D eigenvalue weighted by molar-refractivity contribution is 0.294. The summed E-state index contributed by atoms with van der Waals surface area (Å²) in [6, 6.07) is 3.57. The summed E-state index contributed by atoms with van der Waals surface area (Å²) in [4.78, 5) is 4.00. The number of hydrogen-bond acceptors (Lipinski definition) is 3. The minimum Gasteiger partial charge on any atom is -0.477 e. The molecule has 0 unspecified atom stereocenters.